The molecule has 3 nitrogen and oxygen atoms in total. The van der Waals surface area contributed by atoms with Crippen LogP contribution in [0.5, 0.6) is 0 Å². The second-order valence-corrected chi connectivity index (χ2v) is 9.00. The number of amides is 1. The highest BCUT2D eigenvalue weighted by molar-refractivity contribution is 6.07. The molecule has 0 saturated carbocycles. The highest BCUT2D eigenvalue weighted by Crippen LogP contribution is 2.28. The number of aromatic nitrogens is 1. The van der Waals surface area contributed by atoms with Crippen molar-refractivity contribution in [1.29, 1.82) is 0 Å². The van der Waals surface area contributed by atoms with Crippen molar-refractivity contribution >= 4 is 16.8 Å². The molecule has 0 aliphatic rings. The fourth-order valence-corrected chi connectivity index (χ4v) is 4.38. The third kappa shape index (κ3) is 4.99. The van der Waals surface area contributed by atoms with Gasteiger partial charge >= 0.3 is 0 Å². The van der Waals surface area contributed by atoms with Crippen LogP contribution in [0.4, 0.5) is 0 Å². The van der Waals surface area contributed by atoms with Gasteiger partial charge in [-0.25, -0.2) is 4.98 Å². The number of aryl methyl sites for hydroxylation is 2. The fraction of sp³-hybridized carbons (Fsp3) is 0.125. The Kier molecular flexibility index (Phi) is 6.40. The molecule has 0 aliphatic heterocycles. The summed E-state index contributed by atoms with van der Waals surface area (Å²) in [5, 5.41) is 0.871. The van der Waals surface area contributed by atoms with Gasteiger partial charge in [-0.2, -0.15) is 0 Å². The summed E-state index contributed by atoms with van der Waals surface area (Å²) in [6, 6.07) is 36.5. The first-order valence-electron chi connectivity index (χ1n) is 11.9. The van der Waals surface area contributed by atoms with Crippen molar-refractivity contribution in [2.45, 2.75) is 26.9 Å². The third-order valence-corrected chi connectivity index (χ3v) is 6.47. The molecule has 0 spiro atoms. The summed E-state index contributed by atoms with van der Waals surface area (Å²) in [7, 11) is 0. The van der Waals surface area contributed by atoms with Crippen molar-refractivity contribution in [3.05, 3.63) is 137 Å². The molecule has 0 aliphatic carbocycles. The van der Waals surface area contributed by atoms with Gasteiger partial charge < -0.3 is 4.90 Å². The first-order chi connectivity index (χ1) is 17.1. The molecule has 35 heavy (non-hydrogen) atoms. The molecular weight excluding hydrogens is 428 g/mol. The Hall–Kier alpha value is -4.24. The molecule has 0 atom stereocenters. The lowest BCUT2D eigenvalue weighted by Crippen LogP contribution is -2.30. The Morgan fingerprint density at radius 1 is 0.686 bits per heavy atom. The topological polar surface area (TPSA) is 33.2 Å². The predicted molar refractivity (Wildman–Crippen MR) is 143 cm³/mol. The molecule has 5 aromatic rings. The number of nitrogens with zero attached hydrogens (tertiary/aromatic N) is 2. The van der Waals surface area contributed by atoms with Crippen LogP contribution in [0.1, 0.15) is 32.6 Å². The van der Waals surface area contributed by atoms with Gasteiger partial charge in [0.1, 0.15) is 0 Å². The maximum atomic E-state index is 14.2. The number of para-hydroxylation sites is 1. The van der Waals surface area contributed by atoms with Crippen molar-refractivity contribution < 1.29 is 4.79 Å². The lowest BCUT2D eigenvalue weighted by Gasteiger charge is -2.24. The smallest absolute Gasteiger partial charge is 0.255 e. The number of fused-ring (bicyclic) bond motifs is 1. The van der Waals surface area contributed by atoms with E-state index in [4.69, 9.17) is 4.98 Å². The zero-order valence-electron chi connectivity index (χ0n) is 20.1. The van der Waals surface area contributed by atoms with Crippen LogP contribution in [0.15, 0.2) is 109 Å². The Bertz CT molecular complexity index is 1430. The maximum Gasteiger partial charge on any atom is 0.255 e. The van der Waals surface area contributed by atoms with Gasteiger partial charge in [-0.15, -0.1) is 0 Å². The summed E-state index contributed by atoms with van der Waals surface area (Å²) >= 11 is 0. The molecule has 3 heteroatoms. The molecule has 0 N–H and O–H groups in total. The number of carbonyl (C=O) groups is 1. The van der Waals surface area contributed by atoms with Gasteiger partial charge in [0.2, 0.25) is 0 Å². The van der Waals surface area contributed by atoms with Crippen LogP contribution < -0.4 is 0 Å². The van der Waals surface area contributed by atoms with Crippen LogP contribution in [0, 0.1) is 13.8 Å². The quantitative estimate of drug-likeness (QED) is 0.267. The SMILES string of the molecule is Cc1ccc(-c2cc(C(=O)N(Cc3ccccc3)Cc3ccccc3)c3ccccc3n2)cc1C. The number of rotatable bonds is 6. The van der Waals surface area contributed by atoms with E-state index < -0.39 is 0 Å². The molecule has 5 rings (SSSR count). The summed E-state index contributed by atoms with van der Waals surface area (Å²) < 4.78 is 0. The van der Waals surface area contributed by atoms with E-state index in [1.807, 2.05) is 71.6 Å². The number of pyridine rings is 1. The van der Waals surface area contributed by atoms with Gasteiger partial charge in [0.15, 0.2) is 0 Å². The Balaban J connectivity index is 1.61. The van der Waals surface area contributed by atoms with Crippen LogP contribution in [-0.2, 0) is 13.1 Å². The van der Waals surface area contributed by atoms with Crippen LogP contribution in [-0.4, -0.2) is 15.8 Å². The van der Waals surface area contributed by atoms with Gasteiger partial charge in [0.25, 0.3) is 5.91 Å². The molecule has 4 aromatic carbocycles. The molecule has 0 unspecified atom stereocenters. The monoisotopic (exact) mass is 456 g/mol. The van der Waals surface area contributed by atoms with E-state index in [0.717, 1.165) is 33.3 Å². The summed E-state index contributed by atoms with van der Waals surface area (Å²) in [6.07, 6.45) is 0. The van der Waals surface area contributed by atoms with E-state index in [1.165, 1.54) is 11.1 Å². The average molecular weight is 457 g/mol. The summed E-state index contributed by atoms with van der Waals surface area (Å²) in [5.74, 6) is 0.00129. The molecule has 1 amide bonds. The average Bonchev–Trinajstić information content (AvgIpc) is 2.90. The van der Waals surface area contributed by atoms with Crippen molar-refractivity contribution in [1.82, 2.24) is 9.88 Å². The number of benzene rings is 4. The Morgan fingerprint density at radius 2 is 1.29 bits per heavy atom. The first-order valence-corrected chi connectivity index (χ1v) is 11.9. The molecule has 1 heterocycles. The van der Waals surface area contributed by atoms with E-state index in [2.05, 4.69) is 56.3 Å². The summed E-state index contributed by atoms with van der Waals surface area (Å²) in [5.41, 5.74) is 7.98. The van der Waals surface area contributed by atoms with E-state index in [0.29, 0.717) is 18.7 Å². The summed E-state index contributed by atoms with van der Waals surface area (Å²) in [4.78, 5) is 21.0. The number of hydrogen-bond acceptors (Lipinski definition) is 2. The van der Waals surface area contributed by atoms with Crippen molar-refractivity contribution in [2.75, 3.05) is 0 Å². The minimum Gasteiger partial charge on any atom is -0.330 e. The summed E-state index contributed by atoms with van der Waals surface area (Å²) in [6.45, 7) is 5.27. The minimum absolute atomic E-state index is 0.00129. The molecule has 0 bridgehead atoms. The highest BCUT2D eigenvalue weighted by atomic mass is 16.2. The normalized spacial score (nSPS) is 10.9. The first kappa shape index (κ1) is 22.5. The van der Waals surface area contributed by atoms with Gasteiger partial charge in [-0.05, 0) is 54.3 Å². The molecule has 0 fully saturated rings. The maximum absolute atomic E-state index is 14.2. The van der Waals surface area contributed by atoms with Crippen molar-refractivity contribution in [3.8, 4) is 11.3 Å². The Labute approximate surface area is 206 Å². The van der Waals surface area contributed by atoms with Crippen molar-refractivity contribution in [3.63, 3.8) is 0 Å². The van der Waals surface area contributed by atoms with Crippen LogP contribution in [0.3, 0.4) is 0 Å². The second kappa shape index (κ2) is 9.94. The van der Waals surface area contributed by atoms with Crippen molar-refractivity contribution in [2.24, 2.45) is 0 Å². The molecular formula is C32H28N2O. The van der Waals surface area contributed by atoms with E-state index >= 15 is 0 Å². The van der Waals surface area contributed by atoms with E-state index in [1.54, 1.807) is 0 Å². The lowest BCUT2D eigenvalue weighted by atomic mass is 10.00. The van der Waals surface area contributed by atoms with Crippen LogP contribution in [0.2, 0.25) is 0 Å². The number of hydrogen-bond donors (Lipinski definition) is 0. The second-order valence-electron chi connectivity index (χ2n) is 9.00. The molecule has 0 radical (unpaired) electrons. The molecule has 1 aromatic heterocycles. The molecule has 0 saturated heterocycles. The largest absolute Gasteiger partial charge is 0.330 e. The van der Waals surface area contributed by atoms with Gasteiger partial charge in [0, 0.05) is 24.0 Å². The van der Waals surface area contributed by atoms with Crippen LogP contribution in [0.25, 0.3) is 22.2 Å². The Morgan fingerprint density at radius 3 is 1.91 bits per heavy atom. The van der Waals surface area contributed by atoms with Gasteiger partial charge in [0.05, 0.1) is 16.8 Å². The zero-order chi connectivity index (χ0) is 24.2. The third-order valence-electron chi connectivity index (χ3n) is 6.47. The minimum atomic E-state index is 0.00129. The number of carbonyl (C=O) groups excluding carboxylic acids is 1. The molecule has 172 valence electrons. The predicted octanol–water partition coefficient (Wildman–Crippen LogP) is 7.36. The highest BCUT2D eigenvalue weighted by Gasteiger charge is 2.21. The van der Waals surface area contributed by atoms with Crippen LogP contribution >= 0.6 is 0 Å². The van der Waals surface area contributed by atoms with E-state index in [-0.39, 0.29) is 5.91 Å². The standard InChI is InChI=1S/C32H28N2O/c1-23-17-18-27(19-24(23)2)31-20-29(28-15-9-10-16-30(28)33-31)32(35)34(21-25-11-5-3-6-12-25)22-26-13-7-4-8-14-26/h3-20H,21-22H2,1-2H3. The zero-order valence-corrected chi connectivity index (χ0v) is 20.1. The van der Waals surface area contributed by atoms with Gasteiger partial charge in [-0.3, -0.25) is 4.79 Å². The van der Waals surface area contributed by atoms with E-state index in [9.17, 15) is 4.79 Å². The van der Waals surface area contributed by atoms with Gasteiger partial charge in [-0.1, -0.05) is 91.0 Å². The fourth-order valence-electron chi connectivity index (χ4n) is 4.38. The lowest BCUT2D eigenvalue weighted by molar-refractivity contribution is 0.0732.